The molecule has 20 heavy (non-hydrogen) atoms. The molecule has 4 nitrogen and oxygen atoms in total. The lowest BCUT2D eigenvalue weighted by Crippen LogP contribution is -2.23. The summed E-state index contributed by atoms with van der Waals surface area (Å²) in [4.78, 5) is 34.0. The number of thiazole rings is 1. The van der Waals surface area contributed by atoms with Crippen molar-refractivity contribution in [2.24, 2.45) is 5.92 Å². The van der Waals surface area contributed by atoms with E-state index in [0.717, 1.165) is 24.2 Å². The van der Waals surface area contributed by atoms with Gasteiger partial charge in [-0.05, 0) is 38.3 Å². The summed E-state index contributed by atoms with van der Waals surface area (Å²) >= 11 is 1.34. The lowest BCUT2D eigenvalue weighted by Gasteiger charge is -2.11. The largest absolute Gasteiger partial charge is 0.293 e. The quantitative estimate of drug-likeness (QED) is 0.484. The van der Waals surface area contributed by atoms with Crippen LogP contribution in [-0.2, 0) is 6.42 Å². The predicted octanol–water partition coefficient (Wildman–Crippen LogP) is 2.86. The molecule has 1 unspecified atom stereocenters. The number of carbonyl (C=O) groups excluding carboxylic acids is 2. The first-order chi connectivity index (χ1) is 9.66. The zero-order valence-corrected chi connectivity index (χ0v) is 11.9. The normalized spacial score (nSPS) is 18.4. The molecular formula is C15H14N2O2S. The fourth-order valence-corrected chi connectivity index (χ4v) is 3.31. The SMILES string of the molecule is Cc1ccc(C(=O)C2CCCc3ncsc3C2=O)cn1. The van der Waals surface area contributed by atoms with E-state index in [1.165, 1.54) is 11.3 Å². The molecule has 2 aromatic rings. The molecule has 1 aliphatic carbocycles. The van der Waals surface area contributed by atoms with Crippen LogP contribution in [0.5, 0.6) is 0 Å². The van der Waals surface area contributed by atoms with Gasteiger partial charge in [-0.1, -0.05) is 0 Å². The maximum Gasteiger partial charge on any atom is 0.185 e. The summed E-state index contributed by atoms with van der Waals surface area (Å²) in [6.07, 6.45) is 3.75. The Kier molecular flexibility index (Phi) is 3.44. The molecule has 1 atom stereocenters. The number of carbonyl (C=O) groups is 2. The van der Waals surface area contributed by atoms with Crippen molar-refractivity contribution in [3.05, 3.63) is 45.7 Å². The maximum absolute atomic E-state index is 12.5. The van der Waals surface area contributed by atoms with Crippen molar-refractivity contribution in [3.63, 3.8) is 0 Å². The highest BCUT2D eigenvalue weighted by Gasteiger charge is 2.33. The topological polar surface area (TPSA) is 59.9 Å². The molecule has 0 spiro atoms. The summed E-state index contributed by atoms with van der Waals surface area (Å²) in [7, 11) is 0. The van der Waals surface area contributed by atoms with Crippen LogP contribution in [0.1, 0.15) is 44.3 Å². The minimum absolute atomic E-state index is 0.0782. The van der Waals surface area contributed by atoms with Crippen molar-refractivity contribution in [2.75, 3.05) is 0 Å². The second kappa shape index (κ2) is 5.25. The van der Waals surface area contributed by atoms with Gasteiger partial charge in [0.1, 0.15) is 0 Å². The molecule has 2 aromatic heterocycles. The van der Waals surface area contributed by atoms with Gasteiger partial charge in [-0.3, -0.25) is 14.6 Å². The van der Waals surface area contributed by atoms with E-state index in [2.05, 4.69) is 9.97 Å². The molecule has 2 heterocycles. The van der Waals surface area contributed by atoms with Crippen LogP contribution in [0.4, 0.5) is 0 Å². The molecule has 0 fully saturated rings. The second-order valence-corrected chi connectivity index (χ2v) is 5.84. The highest BCUT2D eigenvalue weighted by molar-refractivity contribution is 7.12. The third-order valence-electron chi connectivity index (χ3n) is 3.60. The van der Waals surface area contributed by atoms with Crippen LogP contribution in [0.15, 0.2) is 23.8 Å². The minimum Gasteiger partial charge on any atom is -0.293 e. The van der Waals surface area contributed by atoms with Gasteiger partial charge >= 0.3 is 0 Å². The van der Waals surface area contributed by atoms with Crippen molar-refractivity contribution in [2.45, 2.75) is 26.2 Å². The first-order valence-corrected chi connectivity index (χ1v) is 7.48. The third-order valence-corrected chi connectivity index (χ3v) is 4.48. The van der Waals surface area contributed by atoms with Crippen molar-refractivity contribution in [3.8, 4) is 0 Å². The lowest BCUT2D eigenvalue weighted by molar-refractivity contribution is 0.0803. The standard InChI is InChI=1S/C15H14N2O2S/c1-9-5-6-10(7-16-9)13(18)11-3-2-4-12-15(14(11)19)20-8-17-12/h5-8,11H,2-4H2,1H3. The Labute approximate surface area is 120 Å². The molecular weight excluding hydrogens is 272 g/mol. The Balaban J connectivity index is 1.92. The molecule has 0 saturated carbocycles. The minimum atomic E-state index is -0.582. The van der Waals surface area contributed by atoms with Crippen LogP contribution in [0.2, 0.25) is 0 Å². The number of hydrogen-bond donors (Lipinski definition) is 0. The average Bonchev–Trinajstić information content (AvgIpc) is 2.86. The third kappa shape index (κ3) is 2.29. The molecule has 102 valence electrons. The molecule has 0 saturated heterocycles. The maximum atomic E-state index is 12.5. The zero-order chi connectivity index (χ0) is 14.1. The van der Waals surface area contributed by atoms with Gasteiger partial charge in [-0.2, -0.15) is 0 Å². The van der Waals surface area contributed by atoms with Gasteiger partial charge in [0.2, 0.25) is 0 Å². The van der Waals surface area contributed by atoms with Crippen molar-refractivity contribution in [1.82, 2.24) is 9.97 Å². The molecule has 0 aliphatic heterocycles. The summed E-state index contributed by atoms with van der Waals surface area (Å²) in [5.74, 6) is -0.782. The molecule has 0 N–H and O–H groups in total. The second-order valence-electron chi connectivity index (χ2n) is 4.99. The Morgan fingerprint density at radius 3 is 2.95 bits per heavy atom. The van der Waals surface area contributed by atoms with E-state index in [0.29, 0.717) is 16.9 Å². The number of ketones is 2. The van der Waals surface area contributed by atoms with E-state index in [-0.39, 0.29) is 11.6 Å². The van der Waals surface area contributed by atoms with Crippen LogP contribution >= 0.6 is 11.3 Å². The fraction of sp³-hybridized carbons (Fsp3) is 0.333. The van der Waals surface area contributed by atoms with Crippen molar-refractivity contribution in [1.29, 1.82) is 0 Å². The van der Waals surface area contributed by atoms with Crippen LogP contribution in [0.3, 0.4) is 0 Å². The van der Waals surface area contributed by atoms with Crippen LogP contribution in [0, 0.1) is 12.8 Å². The Bertz CT molecular complexity index is 661. The molecule has 0 amide bonds. The number of Topliss-reactive ketones (excluding diaryl/α,β-unsaturated/α-hetero) is 2. The lowest BCUT2D eigenvalue weighted by atomic mass is 9.91. The molecule has 5 heteroatoms. The summed E-state index contributed by atoms with van der Waals surface area (Å²) in [6.45, 7) is 1.87. The van der Waals surface area contributed by atoms with E-state index in [1.807, 2.05) is 6.92 Å². The summed E-state index contributed by atoms with van der Waals surface area (Å²) in [5, 5.41) is 0. The van der Waals surface area contributed by atoms with E-state index in [4.69, 9.17) is 0 Å². The summed E-state index contributed by atoms with van der Waals surface area (Å²) in [5.41, 5.74) is 3.90. The fourth-order valence-electron chi connectivity index (χ4n) is 2.48. The number of aromatic nitrogens is 2. The number of aryl methyl sites for hydroxylation is 2. The van der Waals surface area contributed by atoms with Gasteiger partial charge in [0.15, 0.2) is 11.6 Å². The van der Waals surface area contributed by atoms with Gasteiger partial charge in [-0.25, -0.2) is 4.98 Å². The van der Waals surface area contributed by atoms with E-state index in [1.54, 1.807) is 23.8 Å². The molecule has 0 radical (unpaired) electrons. The summed E-state index contributed by atoms with van der Waals surface area (Å²) < 4.78 is 0. The van der Waals surface area contributed by atoms with Gasteiger partial charge in [0.05, 0.1) is 22.0 Å². The smallest absolute Gasteiger partial charge is 0.185 e. The highest BCUT2D eigenvalue weighted by Crippen LogP contribution is 2.28. The van der Waals surface area contributed by atoms with E-state index >= 15 is 0 Å². The van der Waals surface area contributed by atoms with Gasteiger partial charge in [-0.15, -0.1) is 11.3 Å². The number of nitrogens with zero attached hydrogens (tertiary/aromatic N) is 2. The zero-order valence-electron chi connectivity index (χ0n) is 11.1. The number of hydrogen-bond acceptors (Lipinski definition) is 5. The molecule has 0 bridgehead atoms. The molecule has 0 aromatic carbocycles. The van der Waals surface area contributed by atoms with Gasteiger partial charge < -0.3 is 0 Å². The highest BCUT2D eigenvalue weighted by atomic mass is 32.1. The predicted molar refractivity (Wildman–Crippen MR) is 76.2 cm³/mol. The number of fused-ring (bicyclic) bond motifs is 1. The van der Waals surface area contributed by atoms with Gasteiger partial charge in [0.25, 0.3) is 0 Å². The van der Waals surface area contributed by atoms with E-state index in [9.17, 15) is 9.59 Å². The van der Waals surface area contributed by atoms with Gasteiger partial charge in [0, 0.05) is 17.5 Å². The first-order valence-electron chi connectivity index (χ1n) is 6.60. The van der Waals surface area contributed by atoms with Crippen LogP contribution < -0.4 is 0 Å². The molecule has 1 aliphatic rings. The summed E-state index contributed by atoms with van der Waals surface area (Å²) in [6, 6.07) is 3.54. The van der Waals surface area contributed by atoms with Crippen LogP contribution in [0.25, 0.3) is 0 Å². The molecule has 3 rings (SSSR count). The number of rotatable bonds is 2. The van der Waals surface area contributed by atoms with E-state index < -0.39 is 5.92 Å². The van der Waals surface area contributed by atoms with Crippen LogP contribution in [-0.4, -0.2) is 21.5 Å². The first kappa shape index (κ1) is 13.1. The Morgan fingerprint density at radius 2 is 2.20 bits per heavy atom. The average molecular weight is 286 g/mol. The Hall–Kier alpha value is -1.88. The monoisotopic (exact) mass is 286 g/mol. The van der Waals surface area contributed by atoms with Crippen molar-refractivity contribution < 1.29 is 9.59 Å². The number of pyridine rings is 1. The van der Waals surface area contributed by atoms with Crippen molar-refractivity contribution >= 4 is 22.9 Å². The Morgan fingerprint density at radius 1 is 1.35 bits per heavy atom.